The molecule has 0 aliphatic heterocycles. The van der Waals surface area contributed by atoms with Crippen molar-refractivity contribution < 1.29 is 14.3 Å². The third-order valence-electron chi connectivity index (χ3n) is 2.43. The lowest BCUT2D eigenvalue weighted by molar-refractivity contribution is 0.0602. The highest BCUT2D eigenvalue weighted by molar-refractivity contribution is 7.16. The molecule has 0 spiro atoms. The van der Waals surface area contributed by atoms with Gasteiger partial charge in [-0.05, 0) is 19.1 Å². The lowest BCUT2D eigenvalue weighted by Gasteiger charge is -2.03. The topological polar surface area (TPSA) is 73.2 Å². The predicted molar refractivity (Wildman–Crippen MR) is 71.6 cm³/mol. The lowest BCUT2D eigenvalue weighted by Crippen LogP contribution is -2.14. The Labute approximate surface area is 114 Å². The molecule has 2 aromatic heterocycles. The van der Waals surface area contributed by atoms with Crippen LogP contribution < -0.4 is 5.32 Å². The normalized spacial score (nSPS) is 10.3. The number of hydrogen-bond acceptors (Lipinski definition) is 5. The Kier molecular flexibility index (Phi) is 3.66. The summed E-state index contributed by atoms with van der Waals surface area (Å²) < 4.78 is 6.22. The van der Waals surface area contributed by atoms with Crippen molar-refractivity contribution in [2.75, 3.05) is 12.4 Å². The Hall–Kier alpha value is -2.15. The maximum absolute atomic E-state index is 12.0. The van der Waals surface area contributed by atoms with Crippen LogP contribution in [0.1, 0.15) is 25.7 Å². The number of nitrogens with zero attached hydrogens (tertiary/aromatic N) is 2. The van der Waals surface area contributed by atoms with E-state index in [1.54, 1.807) is 25.4 Å². The smallest absolute Gasteiger partial charge is 0.340 e. The Morgan fingerprint density at radius 3 is 2.79 bits per heavy atom. The van der Waals surface area contributed by atoms with Crippen molar-refractivity contribution in [1.29, 1.82) is 0 Å². The third-order valence-corrected chi connectivity index (χ3v) is 3.40. The van der Waals surface area contributed by atoms with Gasteiger partial charge in [0.05, 0.1) is 12.7 Å². The molecule has 0 bridgehead atoms. The SMILES string of the molecule is COC(=O)c1cc(C)sc1NC(=O)c1ccn(C)n1. The number of methoxy groups -OCH3 is 1. The number of hydrogen-bond donors (Lipinski definition) is 1. The molecule has 2 aromatic rings. The summed E-state index contributed by atoms with van der Waals surface area (Å²) in [4.78, 5) is 24.5. The molecule has 0 radical (unpaired) electrons. The number of amides is 1. The summed E-state index contributed by atoms with van der Waals surface area (Å²) in [5.74, 6) is -0.826. The molecule has 6 nitrogen and oxygen atoms in total. The lowest BCUT2D eigenvalue weighted by atomic mass is 10.3. The molecular formula is C12H13N3O3S. The van der Waals surface area contributed by atoms with Crippen LogP contribution in [-0.4, -0.2) is 28.8 Å². The molecule has 0 aliphatic rings. The van der Waals surface area contributed by atoms with Gasteiger partial charge in [-0.1, -0.05) is 0 Å². The van der Waals surface area contributed by atoms with E-state index >= 15 is 0 Å². The van der Waals surface area contributed by atoms with Crippen molar-refractivity contribution in [1.82, 2.24) is 9.78 Å². The molecule has 19 heavy (non-hydrogen) atoms. The molecule has 1 N–H and O–H groups in total. The Morgan fingerprint density at radius 2 is 2.21 bits per heavy atom. The second-order valence-corrected chi connectivity index (χ2v) is 5.18. The van der Waals surface area contributed by atoms with Crippen LogP contribution in [0, 0.1) is 6.92 Å². The Morgan fingerprint density at radius 1 is 1.47 bits per heavy atom. The molecule has 0 atom stereocenters. The van der Waals surface area contributed by atoms with Gasteiger partial charge in [0.1, 0.15) is 5.00 Å². The summed E-state index contributed by atoms with van der Waals surface area (Å²) >= 11 is 1.32. The zero-order valence-electron chi connectivity index (χ0n) is 10.8. The van der Waals surface area contributed by atoms with Gasteiger partial charge in [-0.3, -0.25) is 9.48 Å². The zero-order valence-corrected chi connectivity index (χ0v) is 11.6. The fraction of sp³-hybridized carbons (Fsp3) is 0.250. The summed E-state index contributed by atoms with van der Waals surface area (Å²) in [6.45, 7) is 1.85. The van der Waals surface area contributed by atoms with Gasteiger partial charge in [0.25, 0.3) is 5.91 Å². The van der Waals surface area contributed by atoms with Gasteiger partial charge in [-0.2, -0.15) is 5.10 Å². The Bertz CT molecular complexity index is 630. The predicted octanol–water partition coefficient (Wildman–Crippen LogP) is 1.83. The molecule has 0 fully saturated rings. The van der Waals surface area contributed by atoms with Gasteiger partial charge >= 0.3 is 5.97 Å². The molecule has 2 heterocycles. The maximum atomic E-state index is 12.0. The van der Waals surface area contributed by atoms with Crippen molar-refractivity contribution in [3.8, 4) is 0 Å². The second-order valence-electron chi connectivity index (χ2n) is 3.92. The molecule has 0 aliphatic carbocycles. The summed E-state index contributed by atoms with van der Waals surface area (Å²) in [5, 5.41) is 7.15. The first-order valence-corrected chi connectivity index (χ1v) is 6.32. The van der Waals surface area contributed by atoms with E-state index in [4.69, 9.17) is 0 Å². The molecule has 1 amide bonds. The van der Waals surface area contributed by atoms with Crippen molar-refractivity contribution >= 4 is 28.2 Å². The minimum absolute atomic E-state index is 0.296. The molecule has 0 saturated heterocycles. The molecule has 7 heteroatoms. The Balaban J connectivity index is 2.24. The summed E-state index contributed by atoms with van der Waals surface area (Å²) in [5.41, 5.74) is 0.652. The minimum Gasteiger partial charge on any atom is -0.465 e. The van der Waals surface area contributed by atoms with E-state index in [1.165, 1.54) is 23.1 Å². The number of anilines is 1. The van der Waals surface area contributed by atoms with Crippen molar-refractivity contribution in [3.05, 3.63) is 34.5 Å². The first-order valence-electron chi connectivity index (χ1n) is 5.51. The van der Waals surface area contributed by atoms with Crippen LogP contribution in [-0.2, 0) is 11.8 Å². The van der Waals surface area contributed by atoms with Crippen LogP contribution >= 0.6 is 11.3 Å². The first-order chi connectivity index (χ1) is 9.01. The molecule has 2 rings (SSSR count). The average molecular weight is 279 g/mol. The quantitative estimate of drug-likeness (QED) is 0.870. The van der Waals surface area contributed by atoms with Gasteiger partial charge in [0.15, 0.2) is 5.69 Å². The molecule has 0 unspecified atom stereocenters. The van der Waals surface area contributed by atoms with Crippen LogP contribution in [0.4, 0.5) is 5.00 Å². The first kappa shape index (κ1) is 13.3. The number of ether oxygens (including phenoxy) is 1. The van der Waals surface area contributed by atoms with Crippen molar-refractivity contribution in [3.63, 3.8) is 0 Å². The van der Waals surface area contributed by atoms with Gasteiger partial charge in [-0.25, -0.2) is 4.79 Å². The van der Waals surface area contributed by atoms with E-state index in [9.17, 15) is 9.59 Å². The van der Waals surface area contributed by atoms with Crippen molar-refractivity contribution in [2.24, 2.45) is 7.05 Å². The third kappa shape index (κ3) is 2.82. The largest absolute Gasteiger partial charge is 0.465 e. The van der Waals surface area contributed by atoms with E-state index < -0.39 is 5.97 Å². The van der Waals surface area contributed by atoms with Gasteiger partial charge < -0.3 is 10.1 Å². The molecule has 0 saturated carbocycles. The van der Waals surface area contributed by atoms with E-state index in [-0.39, 0.29) is 5.91 Å². The summed E-state index contributed by atoms with van der Waals surface area (Å²) in [6, 6.07) is 3.29. The second kappa shape index (κ2) is 5.23. The van der Waals surface area contributed by atoms with Crippen LogP contribution in [0.3, 0.4) is 0 Å². The average Bonchev–Trinajstić information content (AvgIpc) is 2.95. The van der Waals surface area contributed by atoms with Gasteiger partial charge in [0, 0.05) is 18.1 Å². The van der Waals surface area contributed by atoms with Crippen LogP contribution in [0.15, 0.2) is 18.3 Å². The maximum Gasteiger partial charge on any atom is 0.340 e. The number of aryl methyl sites for hydroxylation is 2. The number of nitrogens with one attached hydrogen (secondary N) is 1. The van der Waals surface area contributed by atoms with E-state index in [2.05, 4.69) is 15.2 Å². The van der Waals surface area contributed by atoms with Crippen LogP contribution in [0.5, 0.6) is 0 Å². The number of aromatic nitrogens is 2. The molecule has 100 valence electrons. The fourth-order valence-corrected chi connectivity index (χ4v) is 2.47. The standard InChI is InChI=1S/C12H13N3O3S/c1-7-6-8(12(17)18-3)11(19-7)13-10(16)9-4-5-15(2)14-9/h4-6H,1-3H3,(H,13,16). The van der Waals surface area contributed by atoms with E-state index in [1.807, 2.05) is 6.92 Å². The summed E-state index contributed by atoms with van der Waals surface area (Å²) in [7, 11) is 3.03. The highest BCUT2D eigenvalue weighted by atomic mass is 32.1. The van der Waals surface area contributed by atoms with Crippen LogP contribution in [0.25, 0.3) is 0 Å². The van der Waals surface area contributed by atoms with Gasteiger partial charge in [0.2, 0.25) is 0 Å². The highest BCUT2D eigenvalue weighted by Gasteiger charge is 2.18. The highest BCUT2D eigenvalue weighted by Crippen LogP contribution is 2.28. The number of rotatable bonds is 3. The number of carbonyl (C=O) groups excluding carboxylic acids is 2. The number of carbonyl (C=O) groups is 2. The minimum atomic E-state index is -0.472. The molecule has 0 aromatic carbocycles. The monoisotopic (exact) mass is 279 g/mol. The number of thiophene rings is 1. The van der Waals surface area contributed by atoms with Crippen LogP contribution in [0.2, 0.25) is 0 Å². The fourth-order valence-electron chi connectivity index (χ4n) is 1.57. The molecular weight excluding hydrogens is 266 g/mol. The number of esters is 1. The van der Waals surface area contributed by atoms with Gasteiger partial charge in [-0.15, -0.1) is 11.3 Å². The zero-order chi connectivity index (χ0) is 14.0. The van der Waals surface area contributed by atoms with E-state index in [0.29, 0.717) is 16.3 Å². The van der Waals surface area contributed by atoms with E-state index in [0.717, 1.165) is 4.88 Å². The van der Waals surface area contributed by atoms with Crippen molar-refractivity contribution in [2.45, 2.75) is 6.92 Å². The summed E-state index contributed by atoms with van der Waals surface area (Å²) in [6.07, 6.45) is 1.68.